The molecule has 0 radical (unpaired) electrons. The van der Waals surface area contributed by atoms with E-state index in [9.17, 15) is 0 Å². The standard InChI is InChI=1S/C39H27F2N3/c1-38(32-18-10-16-25-11-8-9-17-29(25)32)22-21-31-30-20-19-28(23-33(30)39(40,41)34(31)24-38)37-43-35(26-12-4-2-5-13-26)42-36(44-37)27-14-6-3-7-15-27/h2-23H,24H2,1H3. The maximum atomic E-state index is 16.5. The SMILES string of the molecule is CC1(c2cccc3ccccc23)C=CC2=C(C1)C(F)(F)c1cc(-c3nc(-c4ccccc4)nc(-c4ccccc4)n3)ccc12. The summed E-state index contributed by atoms with van der Waals surface area (Å²) in [5.41, 5.74) is 3.99. The van der Waals surface area contributed by atoms with Crippen LogP contribution in [0.4, 0.5) is 8.78 Å². The summed E-state index contributed by atoms with van der Waals surface area (Å²) in [5.74, 6) is -1.78. The van der Waals surface area contributed by atoms with Crippen molar-refractivity contribution in [3.8, 4) is 34.2 Å². The van der Waals surface area contributed by atoms with Crippen LogP contribution in [0, 0.1) is 0 Å². The molecule has 6 aromatic rings. The van der Waals surface area contributed by atoms with E-state index in [0.717, 1.165) is 27.5 Å². The lowest BCUT2D eigenvalue weighted by atomic mass is 9.71. The Morgan fingerprint density at radius 3 is 1.86 bits per heavy atom. The number of hydrogen-bond donors (Lipinski definition) is 0. The molecular formula is C39H27F2N3. The summed E-state index contributed by atoms with van der Waals surface area (Å²) < 4.78 is 33.0. The first-order valence-electron chi connectivity index (χ1n) is 14.7. The third-order valence-electron chi connectivity index (χ3n) is 8.88. The van der Waals surface area contributed by atoms with E-state index in [1.54, 1.807) is 12.1 Å². The number of alkyl halides is 2. The molecule has 0 saturated carbocycles. The molecule has 2 aliphatic rings. The monoisotopic (exact) mass is 575 g/mol. The third kappa shape index (κ3) is 4.19. The van der Waals surface area contributed by atoms with Crippen molar-refractivity contribution in [2.45, 2.75) is 24.7 Å². The number of rotatable bonds is 4. The number of fused-ring (bicyclic) bond motifs is 3. The lowest BCUT2D eigenvalue weighted by Crippen LogP contribution is -2.27. The first-order chi connectivity index (χ1) is 21.4. The molecule has 1 atom stereocenters. The van der Waals surface area contributed by atoms with Gasteiger partial charge in [0.15, 0.2) is 17.5 Å². The number of benzene rings is 5. The molecule has 5 heteroatoms. The highest BCUT2D eigenvalue weighted by atomic mass is 19.3. The Balaban J connectivity index is 1.21. The summed E-state index contributed by atoms with van der Waals surface area (Å²) in [7, 11) is 0. The Labute approximate surface area is 254 Å². The second-order valence-corrected chi connectivity index (χ2v) is 11.7. The zero-order chi connectivity index (χ0) is 29.9. The summed E-state index contributed by atoms with van der Waals surface area (Å²) >= 11 is 0. The van der Waals surface area contributed by atoms with E-state index < -0.39 is 11.3 Å². The highest BCUT2D eigenvalue weighted by Gasteiger charge is 2.49. The number of allylic oxidation sites excluding steroid dienone is 4. The van der Waals surface area contributed by atoms with Gasteiger partial charge in [-0.2, -0.15) is 8.78 Å². The zero-order valence-electron chi connectivity index (χ0n) is 24.0. The average molecular weight is 576 g/mol. The van der Waals surface area contributed by atoms with E-state index in [-0.39, 0.29) is 17.6 Å². The normalized spacial score (nSPS) is 18.3. The number of hydrogen-bond acceptors (Lipinski definition) is 3. The lowest BCUT2D eigenvalue weighted by molar-refractivity contribution is 0.0361. The van der Waals surface area contributed by atoms with Crippen LogP contribution < -0.4 is 0 Å². The Morgan fingerprint density at radius 1 is 0.591 bits per heavy atom. The summed E-state index contributed by atoms with van der Waals surface area (Å²) in [6.45, 7) is 2.06. The fraction of sp³-hybridized carbons (Fsp3) is 0.103. The van der Waals surface area contributed by atoms with Crippen LogP contribution in [-0.4, -0.2) is 15.0 Å². The maximum absolute atomic E-state index is 16.5. The molecule has 44 heavy (non-hydrogen) atoms. The van der Waals surface area contributed by atoms with E-state index >= 15 is 8.78 Å². The van der Waals surface area contributed by atoms with Crippen LogP contribution in [0.5, 0.6) is 0 Å². The third-order valence-corrected chi connectivity index (χ3v) is 8.88. The van der Waals surface area contributed by atoms with Crippen molar-refractivity contribution in [1.29, 1.82) is 0 Å². The molecule has 1 unspecified atom stereocenters. The van der Waals surface area contributed by atoms with Gasteiger partial charge in [0.25, 0.3) is 5.92 Å². The molecule has 5 aromatic carbocycles. The second kappa shape index (κ2) is 9.88. The quantitative estimate of drug-likeness (QED) is 0.210. The van der Waals surface area contributed by atoms with Crippen molar-refractivity contribution in [1.82, 2.24) is 15.0 Å². The van der Waals surface area contributed by atoms with Gasteiger partial charge < -0.3 is 0 Å². The van der Waals surface area contributed by atoms with Crippen LogP contribution in [0.2, 0.25) is 0 Å². The van der Waals surface area contributed by atoms with Gasteiger partial charge in [-0.25, -0.2) is 15.0 Å². The minimum Gasteiger partial charge on any atom is -0.208 e. The highest BCUT2D eigenvalue weighted by molar-refractivity contribution is 5.90. The van der Waals surface area contributed by atoms with E-state index in [1.807, 2.05) is 91.0 Å². The van der Waals surface area contributed by atoms with Crippen molar-refractivity contribution >= 4 is 16.3 Å². The summed E-state index contributed by atoms with van der Waals surface area (Å²) in [6, 6.07) is 38.8. The van der Waals surface area contributed by atoms with Gasteiger partial charge in [-0.05, 0) is 40.0 Å². The summed E-state index contributed by atoms with van der Waals surface area (Å²) in [6.07, 6.45) is 4.22. The topological polar surface area (TPSA) is 38.7 Å². The van der Waals surface area contributed by atoms with Crippen LogP contribution in [-0.2, 0) is 11.3 Å². The minimum atomic E-state index is -3.13. The predicted octanol–water partition coefficient (Wildman–Crippen LogP) is 9.80. The molecule has 2 aliphatic carbocycles. The fourth-order valence-electron chi connectivity index (χ4n) is 6.61. The van der Waals surface area contributed by atoms with Gasteiger partial charge in [0.1, 0.15) is 0 Å². The van der Waals surface area contributed by atoms with Gasteiger partial charge in [-0.15, -0.1) is 0 Å². The molecular weight excluding hydrogens is 548 g/mol. The van der Waals surface area contributed by atoms with Crippen molar-refractivity contribution in [3.63, 3.8) is 0 Å². The van der Waals surface area contributed by atoms with Crippen molar-refractivity contribution in [3.05, 3.63) is 156 Å². The van der Waals surface area contributed by atoms with Crippen LogP contribution in [0.15, 0.2) is 139 Å². The lowest BCUT2D eigenvalue weighted by Gasteiger charge is -2.33. The van der Waals surface area contributed by atoms with Crippen LogP contribution in [0.3, 0.4) is 0 Å². The molecule has 0 fully saturated rings. The van der Waals surface area contributed by atoms with Crippen LogP contribution >= 0.6 is 0 Å². The largest absolute Gasteiger partial charge is 0.296 e. The molecule has 212 valence electrons. The summed E-state index contributed by atoms with van der Waals surface area (Å²) in [5, 5.41) is 2.19. The predicted molar refractivity (Wildman–Crippen MR) is 172 cm³/mol. The van der Waals surface area contributed by atoms with Crippen molar-refractivity contribution in [2.24, 2.45) is 0 Å². The molecule has 8 rings (SSSR count). The van der Waals surface area contributed by atoms with Gasteiger partial charge in [0.2, 0.25) is 0 Å². The molecule has 3 nitrogen and oxygen atoms in total. The second-order valence-electron chi connectivity index (χ2n) is 11.7. The maximum Gasteiger partial charge on any atom is 0.296 e. The first kappa shape index (κ1) is 26.3. The fourth-order valence-corrected chi connectivity index (χ4v) is 6.61. The Kier molecular flexibility index (Phi) is 5.92. The van der Waals surface area contributed by atoms with Gasteiger partial charge >= 0.3 is 0 Å². The van der Waals surface area contributed by atoms with Gasteiger partial charge in [0.05, 0.1) is 0 Å². The van der Waals surface area contributed by atoms with E-state index in [0.29, 0.717) is 34.2 Å². The molecule has 0 bridgehead atoms. The molecule has 0 N–H and O–H groups in total. The molecule has 1 aromatic heterocycles. The highest BCUT2D eigenvalue weighted by Crippen LogP contribution is 2.56. The molecule has 1 heterocycles. The van der Waals surface area contributed by atoms with E-state index in [1.165, 1.54) is 0 Å². The first-order valence-corrected chi connectivity index (χ1v) is 14.7. The summed E-state index contributed by atoms with van der Waals surface area (Å²) in [4.78, 5) is 14.3. The Morgan fingerprint density at radius 2 is 1.18 bits per heavy atom. The number of nitrogens with zero attached hydrogens (tertiary/aromatic N) is 3. The Hall–Kier alpha value is -5.29. The number of aromatic nitrogens is 3. The molecule has 0 saturated heterocycles. The van der Waals surface area contributed by atoms with Crippen molar-refractivity contribution < 1.29 is 8.78 Å². The van der Waals surface area contributed by atoms with E-state index in [2.05, 4.69) is 37.3 Å². The molecule has 0 spiro atoms. The number of halogens is 2. The van der Waals surface area contributed by atoms with Gasteiger partial charge in [0, 0.05) is 33.2 Å². The van der Waals surface area contributed by atoms with Crippen molar-refractivity contribution in [2.75, 3.05) is 0 Å². The average Bonchev–Trinajstić information content (AvgIpc) is 3.29. The zero-order valence-corrected chi connectivity index (χ0v) is 24.0. The molecule has 0 aliphatic heterocycles. The minimum absolute atomic E-state index is 0.00486. The van der Waals surface area contributed by atoms with Gasteiger partial charge in [-0.3, -0.25) is 0 Å². The Bertz CT molecular complexity index is 2070. The molecule has 0 amide bonds. The van der Waals surface area contributed by atoms with Crippen LogP contribution in [0.25, 0.3) is 50.5 Å². The smallest absolute Gasteiger partial charge is 0.208 e. The van der Waals surface area contributed by atoms with Gasteiger partial charge in [-0.1, -0.05) is 134 Å². The van der Waals surface area contributed by atoms with Crippen LogP contribution in [0.1, 0.15) is 30.0 Å². The van der Waals surface area contributed by atoms with E-state index in [4.69, 9.17) is 15.0 Å².